The second kappa shape index (κ2) is 3.94. The quantitative estimate of drug-likeness (QED) is 0.591. The summed E-state index contributed by atoms with van der Waals surface area (Å²) < 4.78 is 0. The zero-order valence-corrected chi connectivity index (χ0v) is 5.59. The number of anilines is 1. The maximum atomic E-state index is 5.48. The molecule has 0 amide bonds. The molecule has 0 aromatic heterocycles. The maximum Gasteiger partial charge on any atom is 0.0314 e. The normalized spacial score (nSPS) is 8.50. The largest absolute Gasteiger partial charge is 0.399 e. The van der Waals surface area contributed by atoms with Gasteiger partial charge in [-0.2, -0.15) is 0 Å². The van der Waals surface area contributed by atoms with Crippen LogP contribution in [0.15, 0.2) is 24.3 Å². The van der Waals surface area contributed by atoms with Crippen LogP contribution >= 0.6 is 0 Å². The van der Waals surface area contributed by atoms with Crippen LogP contribution in [0.3, 0.4) is 0 Å². The van der Waals surface area contributed by atoms with Gasteiger partial charge in [0.2, 0.25) is 0 Å². The average molecular weight is 137 g/mol. The Kier molecular flexibility index (Phi) is 3.55. The standard InChI is InChI=1S/C8H11N.CH4/c1-2-7-3-5-8(9)6-4-7;/h3-6H,2,9H2,1H3;1H4. The van der Waals surface area contributed by atoms with Crippen LogP contribution < -0.4 is 5.73 Å². The molecular formula is C9H15N. The fraction of sp³-hybridized carbons (Fsp3) is 0.333. The molecule has 1 aromatic carbocycles. The third-order valence-corrected chi connectivity index (χ3v) is 1.39. The second-order valence-corrected chi connectivity index (χ2v) is 2.10. The Morgan fingerprint density at radius 2 is 1.70 bits per heavy atom. The molecule has 0 atom stereocenters. The molecule has 10 heavy (non-hydrogen) atoms. The third-order valence-electron chi connectivity index (χ3n) is 1.39. The molecule has 0 saturated carbocycles. The fourth-order valence-corrected chi connectivity index (χ4v) is 0.753. The van der Waals surface area contributed by atoms with Crippen LogP contribution in [0, 0.1) is 0 Å². The lowest BCUT2D eigenvalue weighted by Gasteiger charge is -1.94. The predicted molar refractivity (Wildman–Crippen MR) is 47.0 cm³/mol. The van der Waals surface area contributed by atoms with Gasteiger partial charge in [-0.05, 0) is 24.1 Å². The van der Waals surface area contributed by atoms with Gasteiger partial charge in [-0.3, -0.25) is 0 Å². The van der Waals surface area contributed by atoms with Crippen LogP contribution in [0.4, 0.5) is 5.69 Å². The molecule has 0 radical (unpaired) electrons. The van der Waals surface area contributed by atoms with Gasteiger partial charge >= 0.3 is 0 Å². The fourth-order valence-electron chi connectivity index (χ4n) is 0.753. The maximum absolute atomic E-state index is 5.48. The van der Waals surface area contributed by atoms with Gasteiger partial charge in [0, 0.05) is 5.69 Å². The first-order valence-electron chi connectivity index (χ1n) is 3.17. The van der Waals surface area contributed by atoms with E-state index in [-0.39, 0.29) is 7.43 Å². The molecule has 0 aliphatic heterocycles. The van der Waals surface area contributed by atoms with Crippen molar-refractivity contribution >= 4 is 5.69 Å². The number of aryl methyl sites for hydroxylation is 1. The Hall–Kier alpha value is -0.980. The summed E-state index contributed by atoms with van der Waals surface area (Å²) in [5.74, 6) is 0. The highest BCUT2D eigenvalue weighted by Gasteiger charge is 1.85. The number of rotatable bonds is 1. The van der Waals surface area contributed by atoms with Crippen molar-refractivity contribution in [3.63, 3.8) is 0 Å². The van der Waals surface area contributed by atoms with Crippen LogP contribution in [0.5, 0.6) is 0 Å². The van der Waals surface area contributed by atoms with Gasteiger partial charge in [0.1, 0.15) is 0 Å². The van der Waals surface area contributed by atoms with Crippen LogP contribution in [0.2, 0.25) is 0 Å². The summed E-state index contributed by atoms with van der Waals surface area (Å²) in [6.07, 6.45) is 1.08. The minimum atomic E-state index is 0. The van der Waals surface area contributed by atoms with E-state index in [0.717, 1.165) is 12.1 Å². The lowest BCUT2D eigenvalue weighted by Crippen LogP contribution is -1.84. The molecule has 0 spiro atoms. The monoisotopic (exact) mass is 137 g/mol. The van der Waals surface area contributed by atoms with Gasteiger partial charge in [0.05, 0.1) is 0 Å². The van der Waals surface area contributed by atoms with E-state index in [1.165, 1.54) is 5.56 Å². The first kappa shape index (κ1) is 9.02. The van der Waals surface area contributed by atoms with E-state index in [1.54, 1.807) is 0 Å². The Labute approximate surface area is 62.9 Å². The van der Waals surface area contributed by atoms with Crippen molar-refractivity contribution in [1.82, 2.24) is 0 Å². The molecule has 56 valence electrons. The number of benzene rings is 1. The van der Waals surface area contributed by atoms with Crippen molar-refractivity contribution in [1.29, 1.82) is 0 Å². The molecule has 1 nitrogen and oxygen atoms in total. The average Bonchev–Trinajstić information content (AvgIpc) is 1.90. The summed E-state index contributed by atoms with van der Waals surface area (Å²) in [5.41, 5.74) is 7.66. The molecule has 0 bridgehead atoms. The summed E-state index contributed by atoms with van der Waals surface area (Å²) in [6.45, 7) is 2.13. The SMILES string of the molecule is C.CCc1ccc(N)cc1. The Bertz CT molecular complexity index is 176. The van der Waals surface area contributed by atoms with Crippen molar-refractivity contribution in [3.05, 3.63) is 29.8 Å². The summed E-state index contributed by atoms with van der Waals surface area (Å²) in [7, 11) is 0. The molecule has 2 N–H and O–H groups in total. The predicted octanol–water partition coefficient (Wildman–Crippen LogP) is 2.47. The second-order valence-electron chi connectivity index (χ2n) is 2.10. The van der Waals surface area contributed by atoms with E-state index >= 15 is 0 Å². The van der Waals surface area contributed by atoms with Gasteiger partial charge in [0.15, 0.2) is 0 Å². The van der Waals surface area contributed by atoms with Gasteiger partial charge in [0.25, 0.3) is 0 Å². The number of nitrogens with two attached hydrogens (primary N) is 1. The van der Waals surface area contributed by atoms with E-state index < -0.39 is 0 Å². The molecule has 1 rings (SSSR count). The summed E-state index contributed by atoms with van der Waals surface area (Å²) in [4.78, 5) is 0. The number of nitrogen functional groups attached to an aromatic ring is 1. The van der Waals surface area contributed by atoms with Gasteiger partial charge in [-0.1, -0.05) is 26.5 Å². The molecule has 0 aliphatic rings. The van der Waals surface area contributed by atoms with E-state index in [2.05, 4.69) is 19.1 Å². The van der Waals surface area contributed by atoms with E-state index in [0.29, 0.717) is 0 Å². The smallest absolute Gasteiger partial charge is 0.0314 e. The molecule has 0 saturated heterocycles. The summed E-state index contributed by atoms with van der Waals surface area (Å²) >= 11 is 0. The molecule has 0 unspecified atom stereocenters. The van der Waals surface area contributed by atoms with E-state index in [9.17, 15) is 0 Å². The van der Waals surface area contributed by atoms with Crippen LogP contribution in [0.1, 0.15) is 19.9 Å². The van der Waals surface area contributed by atoms with E-state index in [4.69, 9.17) is 5.73 Å². The number of hydrogen-bond acceptors (Lipinski definition) is 1. The highest BCUT2D eigenvalue weighted by molar-refractivity contribution is 5.39. The molecule has 1 aromatic rings. The Balaban J connectivity index is 0.000000810. The molecule has 0 heterocycles. The van der Waals surface area contributed by atoms with Crippen LogP contribution in [-0.4, -0.2) is 0 Å². The molecule has 0 fully saturated rings. The van der Waals surface area contributed by atoms with Crippen LogP contribution in [-0.2, 0) is 6.42 Å². The zero-order chi connectivity index (χ0) is 6.69. The Morgan fingerprint density at radius 3 is 2.10 bits per heavy atom. The van der Waals surface area contributed by atoms with Crippen molar-refractivity contribution in [2.45, 2.75) is 20.8 Å². The van der Waals surface area contributed by atoms with E-state index in [1.807, 2.05) is 12.1 Å². The number of hydrogen-bond donors (Lipinski definition) is 1. The highest BCUT2D eigenvalue weighted by atomic mass is 14.5. The van der Waals surface area contributed by atoms with Crippen molar-refractivity contribution in [2.24, 2.45) is 0 Å². The minimum absolute atomic E-state index is 0. The molecule has 1 heteroatoms. The van der Waals surface area contributed by atoms with Crippen molar-refractivity contribution in [2.75, 3.05) is 5.73 Å². The molecular weight excluding hydrogens is 122 g/mol. The van der Waals surface area contributed by atoms with Crippen LogP contribution in [0.25, 0.3) is 0 Å². The lowest BCUT2D eigenvalue weighted by atomic mass is 10.2. The van der Waals surface area contributed by atoms with Gasteiger partial charge in [-0.25, -0.2) is 0 Å². The molecule has 0 aliphatic carbocycles. The first-order chi connectivity index (χ1) is 4.33. The summed E-state index contributed by atoms with van der Waals surface area (Å²) in [5, 5.41) is 0. The van der Waals surface area contributed by atoms with Gasteiger partial charge < -0.3 is 5.73 Å². The highest BCUT2D eigenvalue weighted by Crippen LogP contribution is 2.04. The van der Waals surface area contributed by atoms with Gasteiger partial charge in [-0.15, -0.1) is 0 Å². The first-order valence-corrected chi connectivity index (χ1v) is 3.17. The van der Waals surface area contributed by atoms with Crippen molar-refractivity contribution < 1.29 is 0 Å². The zero-order valence-electron chi connectivity index (χ0n) is 5.59. The minimum Gasteiger partial charge on any atom is -0.399 e. The summed E-state index contributed by atoms with van der Waals surface area (Å²) in [6, 6.07) is 7.96. The third kappa shape index (κ3) is 2.09. The van der Waals surface area contributed by atoms with Crippen molar-refractivity contribution in [3.8, 4) is 0 Å². The topological polar surface area (TPSA) is 26.0 Å². The Morgan fingerprint density at radius 1 is 1.20 bits per heavy atom. The lowest BCUT2D eigenvalue weighted by molar-refractivity contribution is 1.14.